The van der Waals surface area contributed by atoms with E-state index in [0.29, 0.717) is 6.42 Å². The van der Waals surface area contributed by atoms with Gasteiger partial charge in [-0.3, -0.25) is 14.9 Å². The number of nitrogens with one attached hydrogen (secondary N) is 1. The van der Waals surface area contributed by atoms with E-state index >= 15 is 0 Å². The molecule has 1 unspecified atom stereocenters. The molecular weight excluding hydrogens is 286 g/mol. The van der Waals surface area contributed by atoms with Gasteiger partial charge in [-0.2, -0.15) is 0 Å². The van der Waals surface area contributed by atoms with Crippen LogP contribution in [-0.2, 0) is 7.05 Å². The maximum atomic E-state index is 12.0. The molecule has 1 atom stereocenters. The maximum absolute atomic E-state index is 12.0. The number of hydrogen-bond donors (Lipinski definition) is 2. The van der Waals surface area contributed by atoms with Crippen molar-refractivity contribution in [3.63, 3.8) is 0 Å². The second kappa shape index (κ2) is 6.86. The second-order valence-corrected chi connectivity index (χ2v) is 4.88. The minimum Gasteiger partial charge on any atom is -0.387 e. The van der Waals surface area contributed by atoms with Crippen LogP contribution in [0.25, 0.3) is 0 Å². The highest BCUT2D eigenvalue weighted by atomic mass is 16.6. The molecule has 1 amide bonds. The van der Waals surface area contributed by atoms with Gasteiger partial charge in [0.25, 0.3) is 11.6 Å². The predicted octanol–water partition coefficient (Wildman–Crippen LogP) is 1.79. The summed E-state index contributed by atoms with van der Waals surface area (Å²) in [6.07, 6.45) is 1.44. The topological polar surface area (TPSA) is 97.4 Å². The van der Waals surface area contributed by atoms with Gasteiger partial charge in [0.2, 0.25) is 0 Å². The Balaban J connectivity index is 1.94. The highest BCUT2D eigenvalue weighted by Crippen LogP contribution is 2.18. The van der Waals surface area contributed by atoms with E-state index in [4.69, 9.17) is 0 Å². The van der Waals surface area contributed by atoms with Crippen LogP contribution in [0.2, 0.25) is 0 Å². The van der Waals surface area contributed by atoms with Crippen molar-refractivity contribution in [2.24, 2.45) is 7.05 Å². The van der Waals surface area contributed by atoms with Crippen molar-refractivity contribution < 1.29 is 14.8 Å². The van der Waals surface area contributed by atoms with Gasteiger partial charge in [0.05, 0.1) is 11.0 Å². The second-order valence-electron chi connectivity index (χ2n) is 4.88. The number of carbonyl (C=O) groups excluding carboxylic acids is 1. The molecule has 0 aliphatic rings. The molecule has 0 bridgehead atoms. The molecule has 0 aliphatic carbocycles. The summed E-state index contributed by atoms with van der Waals surface area (Å²) in [5.41, 5.74) is 0.531. The number of amides is 1. The van der Waals surface area contributed by atoms with Crippen LogP contribution in [0.3, 0.4) is 0 Å². The van der Waals surface area contributed by atoms with Crippen LogP contribution in [0.1, 0.15) is 28.6 Å². The van der Waals surface area contributed by atoms with E-state index in [1.807, 2.05) is 19.3 Å². The number of nitrogens with zero attached hydrogens (tertiary/aromatic N) is 2. The van der Waals surface area contributed by atoms with Crippen LogP contribution in [-0.4, -0.2) is 27.0 Å². The van der Waals surface area contributed by atoms with Crippen molar-refractivity contribution in [1.82, 2.24) is 9.88 Å². The van der Waals surface area contributed by atoms with Crippen LogP contribution in [0.15, 0.2) is 42.6 Å². The zero-order valence-corrected chi connectivity index (χ0v) is 12.1. The predicted molar refractivity (Wildman–Crippen MR) is 80.4 cm³/mol. The summed E-state index contributed by atoms with van der Waals surface area (Å²) in [4.78, 5) is 22.3. The molecule has 2 rings (SSSR count). The molecule has 116 valence electrons. The first-order valence-corrected chi connectivity index (χ1v) is 6.81. The van der Waals surface area contributed by atoms with Gasteiger partial charge in [0, 0.05) is 31.5 Å². The first kappa shape index (κ1) is 15.7. The lowest BCUT2D eigenvalue weighted by atomic mass is 10.1. The smallest absolute Gasteiger partial charge is 0.282 e. The molecule has 22 heavy (non-hydrogen) atoms. The van der Waals surface area contributed by atoms with E-state index in [9.17, 15) is 20.0 Å². The largest absolute Gasteiger partial charge is 0.387 e. The standard InChI is InChI=1S/C15H17N3O4/c1-17-10-4-7-13(17)14(19)8-9-16-15(20)11-5-2-3-6-12(11)18(21)22/h2-7,10,14,19H,8-9H2,1H3,(H,16,20). The lowest BCUT2D eigenvalue weighted by molar-refractivity contribution is -0.385. The van der Waals surface area contributed by atoms with E-state index in [-0.39, 0.29) is 17.8 Å². The van der Waals surface area contributed by atoms with Gasteiger partial charge >= 0.3 is 0 Å². The number of aromatic nitrogens is 1. The van der Waals surface area contributed by atoms with E-state index in [0.717, 1.165) is 5.69 Å². The summed E-state index contributed by atoms with van der Waals surface area (Å²) in [7, 11) is 1.82. The molecular formula is C15H17N3O4. The first-order chi connectivity index (χ1) is 10.5. The Bertz CT molecular complexity index is 681. The number of aliphatic hydroxyl groups excluding tert-OH is 1. The number of hydrogen-bond acceptors (Lipinski definition) is 4. The molecule has 7 heteroatoms. The van der Waals surface area contributed by atoms with Crippen molar-refractivity contribution in [1.29, 1.82) is 0 Å². The zero-order chi connectivity index (χ0) is 16.1. The van der Waals surface area contributed by atoms with Gasteiger partial charge in [0.1, 0.15) is 5.56 Å². The fourth-order valence-electron chi connectivity index (χ4n) is 2.21. The molecule has 1 aromatic heterocycles. The van der Waals surface area contributed by atoms with Gasteiger partial charge < -0.3 is 15.0 Å². The Hall–Kier alpha value is -2.67. The summed E-state index contributed by atoms with van der Waals surface area (Å²) >= 11 is 0. The zero-order valence-electron chi connectivity index (χ0n) is 12.1. The van der Waals surface area contributed by atoms with Crippen molar-refractivity contribution in [3.05, 3.63) is 64.0 Å². The van der Waals surface area contributed by atoms with E-state index in [2.05, 4.69) is 5.32 Å². The third-order valence-electron chi connectivity index (χ3n) is 3.37. The normalized spacial score (nSPS) is 11.9. The number of carbonyl (C=O) groups is 1. The average molecular weight is 303 g/mol. The number of aryl methyl sites for hydroxylation is 1. The van der Waals surface area contributed by atoms with E-state index < -0.39 is 16.9 Å². The lowest BCUT2D eigenvalue weighted by Gasteiger charge is -2.12. The number of nitro groups is 1. The van der Waals surface area contributed by atoms with Crippen molar-refractivity contribution in [2.45, 2.75) is 12.5 Å². The molecule has 7 nitrogen and oxygen atoms in total. The summed E-state index contributed by atoms with van der Waals surface area (Å²) in [5.74, 6) is -0.522. The molecule has 0 fully saturated rings. The average Bonchev–Trinajstić information content (AvgIpc) is 2.93. The van der Waals surface area contributed by atoms with Crippen molar-refractivity contribution >= 4 is 11.6 Å². The Morgan fingerprint density at radius 1 is 1.36 bits per heavy atom. The number of benzene rings is 1. The Labute approximate surface area is 127 Å². The van der Waals surface area contributed by atoms with Gasteiger partial charge in [0.15, 0.2) is 0 Å². The molecule has 0 saturated heterocycles. The highest BCUT2D eigenvalue weighted by Gasteiger charge is 2.19. The third kappa shape index (κ3) is 3.50. The van der Waals surface area contributed by atoms with Crippen LogP contribution >= 0.6 is 0 Å². The van der Waals surface area contributed by atoms with Gasteiger partial charge in [-0.15, -0.1) is 0 Å². The molecule has 0 saturated carbocycles. The lowest BCUT2D eigenvalue weighted by Crippen LogP contribution is -2.26. The Morgan fingerprint density at radius 3 is 2.73 bits per heavy atom. The third-order valence-corrected chi connectivity index (χ3v) is 3.37. The molecule has 1 aromatic carbocycles. The fourth-order valence-corrected chi connectivity index (χ4v) is 2.21. The maximum Gasteiger partial charge on any atom is 0.282 e. The molecule has 0 aliphatic heterocycles. The van der Waals surface area contributed by atoms with Crippen molar-refractivity contribution in [3.8, 4) is 0 Å². The number of aliphatic hydroxyl groups is 1. The minimum atomic E-state index is -0.703. The molecule has 2 N–H and O–H groups in total. The number of rotatable bonds is 6. The van der Waals surface area contributed by atoms with Crippen molar-refractivity contribution in [2.75, 3.05) is 6.54 Å². The summed E-state index contributed by atoms with van der Waals surface area (Å²) in [5, 5.41) is 23.5. The molecule has 1 heterocycles. The summed E-state index contributed by atoms with van der Waals surface area (Å²) < 4.78 is 1.80. The van der Waals surface area contributed by atoms with Crippen LogP contribution in [0.4, 0.5) is 5.69 Å². The minimum absolute atomic E-state index is 0.0147. The Kier molecular flexibility index (Phi) is 4.90. The summed E-state index contributed by atoms with van der Waals surface area (Å²) in [6.45, 7) is 0.219. The van der Waals surface area contributed by atoms with E-state index in [1.54, 1.807) is 16.7 Å². The monoisotopic (exact) mass is 303 g/mol. The summed E-state index contributed by atoms with van der Waals surface area (Å²) in [6, 6.07) is 9.39. The first-order valence-electron chi connectivity index (χ1n) is 6.81. The van der Waals surface area contributed by atoms with Crippen LogP contribution in [0, 0.1) is 10.1 Å². The SMILES string of the molecule is Cn1cccc1C(O)CCNC(=O)c1ccccc1[N+](=O)[O-]. The van der Waals surface area contributed by atoms with Crippen LogP contribution in [0.5, 0.6) is 0 Å². The van der Waals surface area contributed by atoms with Crippen LogP contribution < -0.4 is 5.32 Å². The molecule has 0 spiro atoms. The van der Waals surface area contributed by atoms with Gasteiger partial charge in [-0.05, 0) is 24.6 Å². The molecule has 0 radical (unpaired) electrons. The highest BCUT2D eigenvalue weighted by molar-refractivity contribution is 5.98. The quantitative estimate of drug-likeness (QED) is 0.628. The van der Waals surface area contributed by atoms with Gasteiger partial charge in [-0.1, -0.05) is 12.1 Å². The van der Waals surface area contributed by atoms with Gasteiger partial charge in [-0.25, -0.2) is 0 Å². The number of nitro benzene ring substituents is 1. The number of para-hydroxylation sites is 1. The van der Waals surface area contributed by atoms with E-state index in [1.165, 1.54) is 18.2 Å². The Morgan fingerprint density at radius 2 is 2.09 bits per heavy atom. The fraction of sp³-hybridized carbons (Fsp3) is 0.267. The molecule has 2 aromatic rings.